The summed E-state index contributed by atoms with van der Waals surface area (Å²) in [5, 5.41) is 3.41. The number of anilines is 1. The van der Waals surface area contributed by atoms with E-state index in [1.165, 1.54) is 11.3 Å². The Kier molecular flexibility index (Phi) is 3.28. The Labute approximate surface area is 98.2 Å². The van der Waals surface area contributed by atoms with Gasteiger partial charge in [-0.1, -0.05) is 40.8 Å². The number of ether oxygens (including phenoxy) is 1. The molecule has 0 radical (unpaired) electrons. The molecule has 2 nitrogen and oxygen atoms in total. The average molecular weight is 303 g/mol. The fourth-order valence-corrected chi connectivity index (χ4v) is 2.60. The van der Waals surface area contributed by atoms with Gasteiger partial charge in [0.1, 0.15) is 0 Å². The van der Waals surface area contributed by atoms with Gasteiger partial charge in [-0.25, -0.2) is 0 Å². The predicted molar refractivity (Wildman–Crippen MR) is 67.1 cm³/mol. The average Bonchev–Trinajstić information content (AvgIpc) is 2.23. The van der Waals surface area contributed by atoms with Gasteiger partial charge < -0.3 is 10.1 Å². The molecule has 2 atom stereocenters. The second-order valence-electron chi connectivity index (χ2n) is 3.36. The molecule has 1 aromatic carbocycles. The minimum absolute atomic E-state index is 0.248. The molecule has 76 valence electrons. The highest BCUT2D eigenvalue weighted by Gasteiger charge is 2.27. The van der Waals surface area contributed by atoms with Gasteiger partial charge >= 0.3 is 0 Å². The van der Waals surface area contributed by atoms with Crippen LogP contribution in [0.25, 0.3) is 0 Å². The van der Waals surface area contributed by atoms with Crippen LogP contribution in [0.3, 0.4) is 0 Å². The van der Waals surface area contributed by atoms with Crippen molar-refractivity contribution >= 4 is 28.3 Å². The molecule has 0 saturated heterocycles. The maximum Gasteiger partial charge on any atom is 0.0979 e. The van der Waals surface area contributed by atoms with Crippen LogP contribution in [0.4, 0.5) is 5.69 Å². The second kappa shape index (κ2) is 4.49. The lowest BCUT2D eigenvalue weighted by molar-refractivity contribution is 0.0643. The lowest BCUT2D eigenvalue weighted by Gasteiger charge is -2.30. The first kappa shape index (κ1) is 10.2. The highest BCUT2D eigenvalue weighted by Crippen LogP contribution is 2.35. The number of rotatable bonds is 2. The Morgan fingerprint density at radius 3 is 3.07 bits per heavy atom. The van der Waals surface area contributed by atoms with Gasteiger partial charge in [-0.2, -0.15) is 0 Å². The Balaban J connectivity index is 2.31. The Morgan fingerprint density at radius 2 is 2.29 bits per heavy atom. The summed E-state index contributed by atoms with van der Waals surface area (Å²) in [6.07, 6.45) is 0.248. The smallest absolute Gasteiger partial charge is 0.0979 e. The highest BCUT2D eigenvalue weighted by molar-refractivity contribution is 14.1. The normalized spacial score (nSPS) is 25.3. The molecule has 0 bridgehead atoms. The van der Waals surface area contributed by atoms with Gasteiger partial charge in [0.05, 0.1) is 10.0 Å². The summed E-state index contributed by atoms with van der Waals surface area (Å²) in [5.74, 6) is 0. The van der Waals surface area contributed by atoms with Crippen molar-refractivity contribution in [2.45, 2.75) is 17.0 Å². The lowest BCUT2D eigenvalue weighted by atomic mass is 10.0. The molecule has 1 aromatic rings. The maximum atomic E-state index is 5.77. The standard InChI is InChI=1S/C11H14INO/c1-2-14-11-8-5-3-4-6-10(8)13-7-9(11)12/h3-6,9,11,13H,2,7H2,1H3. The van der Waals surface area contributed by atoms with E-state index in [0.717, 1.165) is 13.2 Å². The molecule has 1 heterocycles. The monoisotopic (exact) mass is 303 g/mol. The molecular weight excluding hydrogens is 289 g/mol. The van der Waals surface area contributed by atoms with Crippen LogP contribution in [0.1, 0.15) is 18.6 Å². The molecule has 0 amide bonds. The van der Waals surface area contributed by atoms with Gasteiger partial charge in [-0.15, -0.1) is 0 Å². The van der Waals surface area contributed by atoms with Crippen molar-refractivity contribution in [2.75, 3.05) is 18.5 Å². The summed E-state index contributed by atoms with van der Waals surface area (Å²) >= 11 is 2.45. The molecule has 0 aliphatic carbocycles. The van der Waals surface area contributed by atoms with Crippen LogP contribution in [-0.4, -0.2) is 17.1 Å². The van der Waals surface area contributed by atoms with Gasteiger partial charge in [0.2, 0.25) is 0 Å². The Morgan fingerprint density at radius 1 is 1.50 bits per heavy atom. The fourth-order valence-electron chi connectivity index (χ4n) is 1.79. The van der Waals surface area contributed by atoms with Crippen molar-refractivity contribution in [3.05, 3.63) is 29.8 Å². The number of fused-ring (bicyclic) bond motifs is 1. The fraction of sp³-hybridized carbons (Fsp3) is 0.455. The van der Waals surface area contributed by atoms with Crippen molar-refractivity contribution < 1.29 is 4.74 Å². The molecule has 0 saturated carbocycles. The molecule has 1 aliphatic heterocycles. The summed E-state index contributed by atoms with van der Waals surface area (Å²) in [5.41, 5.74) is 2.51. The summed E-state index contributed by atoms with van der Waals surface area (Å²) in [4.78, 5) is 0. The molecule has 0 aromatic heterocycles. The number of hydrogen-bond donors (Lipinski definition) is 1. The molecule has 3 heteroatoms. The molecule has 1 aliphatic rings. The van der Waals surface area contributed by atoms with Gasteiger partial charge in [0, 0.05) is 24.4 Å². The van der Waals surface area contributed by atoms with Crippen LogP contribution in [0.15, 0.2) is 24.3 Å². The third-order valence-corrected chi connectivity index (χ3v) is 3.52. The summed E-state index contributed by atoms with van der Waals surface area (Å²) < 4.78 is 6.29. The number of nitrogens with one attached hydrogen (secondary N) is 1. The lowest BCUT2D eigenvalue weighted by Crippen LogP contribution is -2.29. The van der Waals surface area contributed by atoms with E-state index in [4.69, 9.17) is 4.74 Å². The Hall–Kier alpha value is -0.290. The van der Waals surface area contributed by atoms with E-state index in [-0.39, 0.29) is 6.10 Å². The second-order valence-corrected chi connectivity index (χ2v) is 4.96. The van der Waals surface area contributed by atoms with Crippen molar-refractivity contribution in [3.63, 3.8) is 0 Å². The summed E-state index contributed by atoms with van der Waals surface area (Å²) in [6.45, 7) is 3.81. The summed E-state index contributed by atoms with van der Waals surface area (Å²) in [7, 11) is 0. The van der Waals surface area contributed by atoms with Crippen LogP contribution in [0.5, 0.6) is 0 Å². The van der Waals surface area contributed by atoms with Crippen LogP contribution in [-0.2, 0) is 4.74 Å². The van der Waals surface area contributed by atoms with Gasteiger partial charge in [-0.3, -0.25) is 0 Å². The van der Waals surface area contributed by atoms with Crippen LogP contribution < -0.4 is 5.32 Å². The first-order valence-electron chi connectivity index (χ1n) is 4.91. The van der Waals surface area contributed by atoms with Gasteiger partial charge in [-0.05, 0) is 13.0 Å². The largest absolute Gasteiger partial charge is 0.384 e. The molecule has 2 rings (SSSR count). The topological polar surface area (TPSA) is 21.3 Å². The maximum absolute atomic E-state index is 5.77. The van der Waals surface area contributed by atoms with E-state index in [9.17, 15) is 0 Å². The van der Waals surface area contributed by atoms with Crippen LogP contribution in [0.2, 0.25) is 0 Å². The first-order valence-corrected chi connectivity index (χ1v) is 6.16. The minimum Gasteiger partial charge on any atom is -0.384 e. The Bertz CT molecular complexity index is 316. The molecule has 2 unspecified atom stereocenters. The number of hydrogen-bond acceptors (Lipinski definition) is 2. The van der Waals surface area contributed by atoms with E-state index in [1.807, 2.05) is 6.92 Å². The first-order chi connectivity index (χ1) is 6.83. The van der Waals surface area contributed by atoms with Crippen LogP contribution >= 0.6 is 22.6 Å². The molecular formula is C11H14INO. The van der Waals surface area contributed by atoms with Gasteiger partial charge in [0.15, 0.2) is 0 Å². The van der Waals surface area contributed by atoms with E-state index in [2.05, 4.69) is 52.2 Å². The third kappa shape index (κ3) is 1.88. The van der Waals surface area contributed by atoms with Crippen LogP contribution in [0, 0.1) is 0 Å². The number of alkyl halides is 1. The van der Waals surface area contributed by atoms with Crippen molar-refractivity contribution in [3.8, 4) is 0 Å². The minimum atomic E-state index is 0.248. The highest BCUT2D eigenvalue weighted by atomic mass is 127. The van der Waals surface area contributed by atoms with Gasteiger partial charge in [0.25, 0.3) is 0 Å². The quantitative estimate of drug-likeness (QED) is 0.670. The summed E-state index contributed by atoms with van der Waals surface area (Å²) in [6, 6.07) is 8.39. The zero-order chi connectivity index (χ0) is 9.97. The number of para-hydroxylation sites is 1. The number of benzene rings is 1. The molecule has 1 N–H and O–H groups in total. The van der Waals surface area contributed by atoms with Crippen molar-refractivity contribution in [1.29, 1.82) is 0 Å². The predicted octanol–water partition coefficient (Wildman–Crippen LogP) is 2.99. The van der Waals surface area contributed by atoms with E-state index in [1.54, 1.807) is 0 Å². The zero-order valence-electron chi connectivity index (χ0n) is 8.16. The van der Waals surface area contributed by atoms with Crippen molar-refractivity contribution in [2.24, 2.45) is 0 Å². The zero-order valence-corrected chi connectivity index (χ0v) is 10.3. The third-order valence-electron chi connectivity index (χ3n) is 2.43. The van der Waals surface area contributed by atoms with Crippen molar-refractivity contribution in [1.82, 2.24) is 0 Å². The molecule has 0 fully saturated rings. The van der Waals surface area contributed by atoms with E-state index in [0.29, 0.717) is 3.92 Å². The van der Waals surface area contributed by atoms with E-state index >= 15 is 0 Å². The molecule has 14 heavy (non-hydrogen) atoms. The SMILES string of the molecule is CCOC1c2ccccc2NCC1I. The van der Waals surface area contributed by atoms with E-state index < -0.39 is 0 Å². The molecule has 0 spiro atoms. The number of halogens is 1.